The lowest BCUT2D eigenvalue weighted by Crippen LogP contribution is -2.29. The molecular weight excluding hydrogens is 513 g/mol. The van der Waals surface area contributed by atoms with E-state index in [0.29, 0.717) is 38.7 Å². The number of rotatable bonds is 3. The van der Waals surface area contributed by atoms with E-state index in [1.165, 1.54) is 0 Å². The number of hydrogen-bond donors (Lipinski definition) is 0. The van der Waals surface area contributed by atoms with E-state index in [1.807, 2.05) is 31.2 Å². The molecular formula is C25H16BrCl2NO3. The molecule has 4 aromatic rings. The average Bonchev–Trinajstić information content (AvgIpc) is 3.04. The van der Waals surface area contributed by atoms with Crippen molar-refractivity contribution in [3.05, 3.63) is 113 Å². The van der Waals surface area contributed by atoms with Gasteiger partial charge in [0.1, 0.15) is 5.58 Å². The minimum absolute atomic E-state index is 0.0630. The molecule has 1 aliphatic rings. The van der Waals surface area contributed by atoms with E-state index in [2.05, 4.69) is 15.9 Å². The number of nitrogens with zero attached hydrogens (tertiary/aromatic N) is 1. The normalized spacial score (nSPS) is 15.4. The second kappa shape index (κ2) is 8.07. The van der Waals surface area contributed by atoms with Crippen molar-refractivity contribution in [2.45, 2.75) is 19.5 Å². The summed E-state index contributed by atoms with van der Waals surface area (Å²) >= 11 is 15.8. The van der Waals surface area contributed by atoms with E-state index in [4.69, 9.17) is 27.6 Å². The summed E-state index contributed by atoms with van der Waals surface area (Å²) in [6, 6.07) is 17.6. The highest BCUT2D eigenvalue weighted by Crippen LogP contribution is 2.40. The molecule has 3 aromatic carbocycles. The second-order valence-corrected chi connectivity index (χ2v) is 9.54. The van der Waals surface area contributed by atoms with Crippen LogP contribution in [0.3, 0.4) is 0 Å². The molecule has 1 aliphatic heterocycles. The predicted molar refractivity (Wildman–Crippen MR) is 130 cm³/mol. The summed E-state index contributed by atoms with van der Waals surface area (Å²) in [5, 5.41) is 1.17. The maximum absolute atomic E-state index is 13.6. The van der Waals surface area contributed by atoms with Crippen molar-refractivity contribution in [1.29, 1.82) is 0 Å². The van der Waals surface area contributed by atoms with E-state index in [-0.39, 0.29) is 17.1 Å². The zero-order valence-corrected chi connectivity index (χ0v) is 20.0. The van der Waals surface area contributed by atoms with E-state index in [1.54, 1.807) is 41.3 Å². The highest BCUT2D eigenvalue weighted by atomic mass is 79.9. The molecule has 1 atom stereocenters. The van der Waals surface area contributed by atoms with Crippen LogP contribution in [0.5, 0.6) is 0 Å². The average molecular weight is 529 g/mol. The molecule has 32 heavy (non-hydrogen) atoms. The fourth-order valence-electron chi connectivity index (χ4n) is 4.07. The zero-order chi connectivity index (χ0) is 22.6. The van der Waals surface area contributed by atoms with Crippen LogP contribution < -0.4 is 5.43 Å². The maximum Gasteiger partial charge on any atom is 0.291 e. The number of amides is 1. The number of fused-ring (bicyclic) bond motifs is 2. The van der Waals surface area contributed by atoms with Gasteiger partial charge in [-0.3, -0.25) is 9.59 Å². The van der Waals surface area contributed by atoms with Crippen LogP contribution in [0.1, 0.15) is 38.9 Å². The molecule has 0 spiro atoms. The van der Waals surface area contributed by atoms with Crippen LogP contribution in [-0.2, 0) is 6.54 Å². The van der Waals surface area contributed by atoms with Crippen LogP contribution in [0.15, 0.2) is 74.3 Å². The lowest BCUT2D eigenvalue weighted by Gasteiger charge is -2.25. The van der Waals surface area contributed by atoms with Crippen molar-refractivity contribution in [2.75, 3.05) is 0 Å². The molecule has 5 rings (SSSR count). The molecule has 2 heterocycles. The summed E-state index contributed by atoms with van der Waals surface area (Å²) in [4.78, 5) is 28.7. The zero-order valence-electron chi connectivity index (χ0n) is 16.9. The quantitative estimate of drug-likeness (QED) is 0.290. The first-order valence-corrected chi connectivity index (χ1v) is 11.5. The summed E-state index contributed by atoms with van der Waals surface area (Å²) in [6.07, 6.45) is 0. The van der Waals surface area contributed by atoms with Crippen molar-refractivity contribution in [3.63, 3.8) is 0 Å². The largest absolute Gasteiger partial charge is 0.450 e. The summed E-state index contributed by atoms with van der Waals surface area (Å²) in [6.45, 7) is 2.32. The Balaban J connectivity index is 1.73. The van der Waals surface area contributed by atoms with Crippen LogP contribution >= 0.6 is 39.1 Å². The Hall–Kier alpha value is -2.60. The Kier molecular flexibility index (Phi) is 5.36. The number of halogens is 3. The Bertz CT molecular complexity index is 1450. The highest BCUT2D eigenvalue weighted by Gasteiger charge is 2.42. The Morgan fingerprint density at radius 2 is 1.72 bits per heavy atom. The topological polar surface area (TPSA) is 50.5 Å². The van der Waals surface area contributed by atoms with Crippen molar-refractivity contribution in [1.82, 2.24) is 4.90 Å². The van der Waals surface area contributed by atoms with Gasteiger partial charge in [0, 0.05) is 11.0 Å². The third-order valence-electron chi connectivity index (χ3n) is 5.66. The molecule has 0 bridgehead atoms. The minimum atomic E-state index is -0.645. The van der Waals surface area contributed by atoms with Crippen LogP contribution in [0, 0.1) is 6.92 Å². The van der Waals surface area contributed by atoms with Gasteiger partial charge < -0.3 is 9.32 Å². The smallest absolute Gasteiger partial charge is 0.291 e. The summed E-state index contributed by atoms with van der Waals surface area (Å²) in [5.74, 6) is -0.272. The number of carbonyl (C=O) groups is 1. The van der Waals surface area contributed by atoms with Crippen molar-refractivity contribution in [2.24, 2.45) is 0 Å². The van der Waals surface area contributed by atoms with Gasteiger partial charge in [0.25, 0.3) is 5.91 Å². The van der Waals surface area contributed by atoms with Crippen LogP contribution in [0.4, 0.5) is 0 Å². The fourth-order valence-corrected chi connectivity index (χ4v) is 4.74. The lowest BCUT2D eigenvalue weighted by atomic mass is 9.98. The van der Waals surface area contributed by atoms with Gasteiger partial charge in [0.05, 0.1) is 27.0 Å². The standard InChI is InChI=1S/C25H16BrCl2NO3/c1-13-2-4-14(5-3-13)12-29-22(15-6-8-18(27)19(28)10-15)21-23(30)17-11-16(26)7-9-20(17)32-24(21)25(29)31/h2-11,22H,12H2,1H3. The summed E-state index contributed by atoms with van der Waals surface area (Å²) in [5.41, 5.74) is 3.21. The van der Waals surface area contributed by atoms with Gasteiger partial charge in [-0.25, -0.2) is 0 Å². The molecule has 0 aliphatic carbocycles. The van der Waals surface area contributed by atoms with Crippen LogP contribution in [-0.4, -0.2) is 10.8 Å². The van der Waals surface area contributed by atoms with Crippen molar-refractivity contribution in [3.8, 4) is 0 Å². The van der Waals surface area contributed by atoms with E-state index >= 15 is 0 Å². The van der Waals surface area contributed by atoms with E-state index < -0.39 is 6.04 Å². The Labute approximate surface area is 202 Å². The van der Waals surface area contributed by atoms with E-state index in [0.717, 1.165) is 15.6 Å². The molecule has 0 saturated heterocycles. The molecule has 1 amide bonds. The molecule has 1 aromatic heterocycles. The third-order valence-corrected chi connectivity index (χ3v) is 6.89. The number of hydrogen-bond acceptors (Lipinski definition) is 3. The van der Waals surface area contributed by atoms with Crippen molar-refractivity contribution >= 4 is 56.0 Å². The minimum Gasteiger partial charge on any atom is -0.450 e. The highest BCUT2D eigenvalue weighted by molar-refractivity contribution is 9.10. The predicted octanol–water partition coefficient (Wildman–Crippen LogP) is 6.92. The van der Waals surface area contributed by atoms with Crippen LogP contribution in [0.25, 0.3) is 11.0 Å². The van der Waals surface area contributed by atoms with Gasteiger partial charge >= 0.3 is 0 Å². The molecule has 0 N–H and O–H groups in total. The molecule has 7 heteroatoms. The van der Waals surface area contributed by atoms with Gasteiger partial charge in [-0.2, -0.15) is 0 Å². The molecule has 0 radical (unpaired) electrons. The fraction of sp³-hybridized carbons (Fsp3) is 0.120. The van der Waals surface area contributed by atoms with Gasteiger partial charge in [-0.05, 0) is 48.4 Å². The lowest BCUT2D eigenvalue weighted by molar-refractivity contribution is 0.0714. The Morgan fingerprint density at radius 3 is 2.44 bits per heavy atom. The first kappa shape index (κ1) is 21.3. The number of carbonyl (C=O) groups excluding carboxylic acids is 1. The van der Waals surface area contributed by atoms with Crippen molar-refractivity contribution < 1.29 is 9.21 Å². The van der Waals surface area contributed by atoms with Gasteiger partial charge in [0.2, 0.25) is 5.76 Å². The molecule has 4 nitrogen and oxygen atoms in total. The number of benzene rings is 3. The molecule has 160 valence electrons. The molecule has 1 unspecified atom stereocenters. The number of aryl methyl sites for hydroxylation is 1. The van der Waals surface area contributed by atoms with E-state index in [9.17, 15) is 9.59 Å². The molecule has 0 saturated carbocycles. The second-order valence-electron chi connectivity index (χ2n) is 7.81. The first-order valence-electron chi connectivity index (χ1n) is 9.91. The maximum atomic E-state index is 13.6. The molecule has 0 fully saturated rings. The monoisotopic (exact) mass is 527 g/mol. The van der Waals surface area contributed by atoms with Gasteiger partial charge in [0.15, 0.2) is 5.43 Å². The van der Waals surface area contributed by atoms with Gasteiger partial charge in [-0.15, -0.1) is 0 Å². The Morgan fingerprint density at radius 1 is 0.969 bits per heavy atom. The van der Waals surface area contributed by atoms with Crippen LogP contribution in [0.2, 0.25) is 10.0 Å². The summed E-state index contributed by atoms with van der Waals surface area (Å²) < 4.78 is 6.73. The van der Waals surface area contributed by atoms with Gasteiger partial charge in [-0.1, -0.05) is 75.0 Å². The third kappa shape index (κ3) is 3.54. The first-order chi connectivity index (χ1) is 15.3. The summed E-state index contributed by atoms with van der Waals surface area (Å²) in [7, 11) is 0. The SMILES string of the molecule is Cc1ccc(CN2C(=O)c3oc4ccc(Br)cc4c(=O)c3C2c2ccc(Cl)c(Cl)c2)cc1.